The molecule has 3 heterocycles. The van der Waals surface area contributed by atoms with Crippen molar-refractivity contribution in [1.82, 2.24) is 35.3 Å². The van der Waals surface area contributed by atoms with E-state index >= 15 is 0 Å². The van der Waals surface area contributed by atoms with Gasteiger partial charge >= 0.3 is 0 Å². The van der Waals surface area contributed by atoms with E-state index in [0.717, 1.165) is 45.6 Å². The second-order valence-corrected chi connectivity index (χ2v) is 5.40. The number of aryl methyl sites for hydroxylation is 1. The SMILES string of the molecule is Cn1nnc(CN2CCCC2C(=O)N2CCNCC2)n1. The molecule has 3 rings (SSSR count). The van der Waals surface area contributed by atoms with Crippen molar-refractivity contribution in [3.8, 4) is 0 Å². The van der Waals surface area contributed by atoms with Crippen molar-refractivity contribution >= 4 is 5.91 Å². The van der Waals surface area contributed by atoms with Gasteiger partial charge in [-0.05, 0) is 24.6 Å². The van der Waals surface area contributed by atoms with Gasteiger partial charge in [0.1, 0.15) is 0 Å². The number of nitrogens with zero attached hydrogens (tertiary/aromatic N) is 6. The first-order valence-corrected chi connectivity index (χ1v) is 7.20. The second-order valence-electron chi connectivity index (χ2n) is 5.40. The van der Waals surface area contributed by atoms with Gasteiger partial charge in [0.2, 0.25) is 5.91 Å². The number of carbonyl (C=O) groups is 1. The Bertz CT molecular complexity index is 468. The number of piperazine rings is 1. The van der Waals surface area contributed by atoms with Gasteiger partial charge in [-0.3, -0.25) is 9.69 Å². The number of nitrogens with one attached hydrogen (secondary N) is 1. The molecule has 2 fully saturated rings. The maximum absolute atomic E-state index is 12.6. The second kappa shape index (κ2) is 5.84. The molecular formula is C12H21N7O. The van der Waals surface area contributed by atoms with Crippen molar-refractivity contribution in [2.75, 3.05) is 32.7 Å². The Balaban J connectivity index is 1.63. The molecule has 0 aromatic carbocycles. The lowest BCUT2D eigenvalue weighted by molar-refractivity contribution is -0.136. The molecule has 110 valence electrons. The summed E-state index contributed by atoms with van der Waals surface area (Å²) in [6.07, 6.45) is 1.99. The Kier molecular flexibility index (Phi) is 3.93. The van der Waals surface area contributed by atoms with Gasteiger partial charge < -0.3 is 10.2 Å². The summed E-state index contributed by atoms with van der Waals surface area (Å²) in [6.45, 7) is 4.95. The molecule has 1 atom stereocenters. The van der Waals surface area contributed by atoms with Crippen LogP contribution in [-0.4, -0.2) is 74.7 Å². The number of tetrazole rings is 1. The van der Waals surface area contributed by atoms with Crippen molar-refractivity contribution in [3.05, 3.63) is 5.82 Å². The Morgan fingerprint density at radius 3 is 2.85 bits per heavy atom. The summed E-state index contributed by atoms with van der Waals surface area (Å²) in [4.78, 5) is 18.2. The number of rotatable bonds is 3. The first-order chi connectivity index (χ1) is 9.74. The van der Waals surface area contributed by atoms with E-state index in [2.05, 4.69) is 25.6 Å². The quantitative estimate of drug-likeness (QED) is 0.733. The number of hydrogen-bond donors (Lipinski definition) is 1. The molecule has 8 nitrogen and oxygen atoms in total. The van der Waals surface area contributed by atoms with Crippen LogP contribution in [0.1, 0.15) is 18.7 Å². The Morgan fingerprint density at radius 1 is 1.35 bits per heavy atom. The predicted molar refractivity (Wildman–Crippen MR) is 71.7 cm³/mol. The Hall–Kier alpha value is -1.54. The summed E-state index contributed by atoms with van der Waals surface area (Å²) in [7, 11) is 1.75. The van der Waals surface area contributed by atoms with Gasteiger partial charge in [-0.2, -0.15) is 4.80 Å². The van der Waals surface area contributed by atoms with Crippen molar-refractivity contribution in [2.24, 2.45) is 7.05 Å². The highest BCUT2D eigenvalue weighted by atomic mass is 16.2. The van der Waals surface area contributed by atoms with Crippen LogP contribution in [0.3, 0.4) is 0 Å². The summed E-state index contributed by atoms with van der Waals surface area (Å²) in [6, 6.07) is -0.0168. The standard InChI is InChI=1S/C12H21N7O/c1-17-15-11(14-16-17)9-19-6-2-3-10(19)12(20)18-7-4-13-5-8-18/h10,13H,2-9H2,1H3. The molecule has 2 saturated heterocycles. The first kappa shape index (κ1) is 13.4. The van der Waals surface area contributed by atoms with Crippen LogP contribution >= 0.6 is 0 Å². The Labute approximate surface area is 118 Å². The van der Waals surface area contributed by atoms with Gasteiger partial charge in [0, 0.05) is 26.2 Å². The summed E-state index contributed by atoms with van der Waals surface area (Å²) >= 11 is 0. The summed E-state index contributed by atoms with van der Waals surface area (Å²) < 4.78 is 0. The molecule has 2 aliphatic heterocycles. The van der Waals surface area contributed by atoms with Crippen molar-refractivity contribution < 1.29 is 4.79 Å². The largest absolute Gasteiger partial charge is 0.339 e. The highest BCUT2D eigenvalue weighted by Gasteiger charge is 2.34. The monoisotopic (exact) mass is 279 g/mol. The molecule has 1 aromatic rings. The van der Waals surface area contributed by atoms with Crippen molar-refractivity contribution in [2.45, 2.75) is 25.4 Å². The smallest absolute Gasteiger partial charge is 0.240 e. The zero-order valence-electron chi connectivity index (χ0n) is 11.8. The first-order valence-electron chi connectivity index (χ1n) is 7.20. The van der Waals surface area contributed by atoms with E-state index in [0.29, 0.717) is 12.4 Å². The number of carbonyl (C=O) groups excluding carboxylic acids is 1. The van der Waals surface area contributed by atoms with E-state index in [1.807, 2.05) is 4.90 Å². The fourth-order valence-corrected chi connectivity index (χ4v) is 2.96. The summed E-state index contributed by atoms with van der Waals surface area (Å²) in [5.41, 5.74) is 0. The van der Waals surface area contributed by atoms with Crippen LogP contribution in [0.2, 0.25) is 0 Å². The van der Waals surface area contributed by atoms with E-state index in [4.69, 9.17) is 0 Å². The van der Waals surface area contributed by atoms with E-state index < -0.39 is 0 Å². The molecule has 2 aliphatic rings. The van der Waals surface area contributed by atoms with E-state index in [1.165, 1.54) is 4.80 Å². The van der Waals surface area contributed by atoms with Crippen LogP contribution in [0.5, 0.6) is 0 Å². The lowest BCUT2D eigenvalue weighted by Gasteiger charge is -2.32. The Morgan fingerprint density at radius 2 is 2.15 bits per heavy atom. The normalized spacial score (nSPS) is 24.2. The minimum atomic E-state index is -0.0168. The van der Waals surface area contributed by atoms with Gasteiger partial charge in [0.05, 0.1) is 19.6 Å². The topological polar surface area (TPSA) is 79.2 Å². The molecule has 1 N–H and O–H groups in total. The van der Waals surface area contributed by atoms with Crippen LogP contribution in [0, 0.1) is 0 Å². The minimum Gasteiger partial charge on any atom is -0.339 e. The number of amides is 1. The molecule has 20 heavy (non-hydrogen) atoms. The molecule has 0 aliphatic carbocycles. The lowest BCUT2D eigenvalue weighted by atomic mass is 10.1. The van der Waals surface area contributed by atoms with Crippen LogP contribution in [0.25, 0.3) is 0 Å². The zero-order chi connectivity index (χ0) is 13.9. The zero-order valence-corrected chi connectivity index (χ0v) is 11.8. The molecule has 0 saturated carbocycles. The van der Waals surface area contributed by atoms with Crippen molar-refractivity contribution in [1.29, 1.82) is 0 Å². The lowest BCUT2D eigenvalue weighted by Crippen LogP contribution is -2.52. The molecule has 0 bridgehead atoms. The summed E-state index contributed by atoms with van der Waals surface area (Å²) in [5.74, 6) is 0.945. The molecule has 1 unspecified atom stereocenters. The van der Waals surface area contributed by atoms with Crippen LogP contribution < -0.4 is 5.32 Å². The third kappa shape index (κ3) is 2.80. The highest BCUT2D eigenvalue weighted by Crippen LogP contribution is 2.21. The third-order valence-electron chi connectivity index (χ3n) is 3.97. The fourth-order valence-electron chi connectivity index (χ4n) is 2.96. The van der Waals surface area contributed by atoms with Crippen LogP contribution in [-0.2, 0) is 18.4 Å². The molecule has 1 aromatic heterocycles. The predicted octanol–water partition coefficient (Wildman–Crippen LogP) is -1.39. The fraction of sp³-hybridized carbons (Fsp3) is 0.833. The average molecular weight is 279 g/mol. The van der Waals surface area contributed by atoms with E-state index in [9.17, 15) is 4.79 Å². The third-order valence-corrected chi connectivity index (χ3v) is 3.97. The molecule has 0 spiro atoms. The van der Waals surface area contributed by atoms with Gasteiger partial charge in [0.15, 0.2) is 5.82 Å². The van der Waals surface area contributed by atoms with E-state index in [-0.39, 0.29) is 11.9 Å². The number of likely N-dealkylation sites (tertiary alicyclic amines) is 1. The number of aromatic nitrogens is 4. The maximum atomic E-state index is 12.6. The molecule has 1 amide bonds. The molecule has 0 radical (unpaired) electrons. The van der Waals surface area contributed by atoms with Gasteiger partial charge in [-0.25, -0.2) is 0 Å². The van der Waals surface area contributed by atoms with Gasteiger partial charge in [0.25, 0.3) is 0 Å². The minimum absolute atomic E-state index is 0.0168. The molecular weight excluding hydrogens is 258 g/mol. The maximum Gasteiger partial charge on any atom is 0.240 e. The van der Waals surface area contributed by atoms with Crippen LogP contribution in [0.4, 0.5) is 0 Å². The van der Waals surface area contributed by atoms with Gasteiger partial charge in [-0.15, -0.1) is 10.2 Å². The van der Waals surface area contributed by atoms with Crippen LogP contribution in [0.15, 0.2) is 0 Å². The molecule has 8 heteroatoms. The van der Waals surface area contributed by atoms with Crippen molar-refractivity contribution in [3.63, 3.8) is 0 Å². The average Bonchev–Trinajstić information content (AvgIpc) is 3.09. The summed E-state index contributed by atoms with van der Waals surface area (Å²) in [5, 5.41) is 15.3. The number of hydrogen-bond acceptors (Lipinski definition) is 6. The highest BCUT2D eigenvalue weighted by molar-refractivity contribution is 5.82. The van der Waals surface area contributed by atoms with Gasteiger partial charge in [-0.1, -0.05) is 0 Å². The van der Waals surface area contributed by atoms with E-state index in [1.54, 1.807) is 7.05 Å².